The Bertz CT molecular complexity index is 591. The molecular formula is C16H15Cl2N. The molecule has 0 bridgehead atoms. The molecule has 19 heavy (non-hydrogen) atoms. The van der Waals surface area contributed by atoms with E-state index in [1.54, 1.807) is 0 Å². The number of nitrogens with one attached hydrogen (secondary N) is 1. The van der Waals surface area contributed by atoms with Gasteiger partial charge in [0.2, 0.25) is 0 Å². The molecule has 0 aromatic heterocycles. The predicted octanol–water partition coefficient (Wildman–Crippen LogP) is 4.08. The fraction of sp³-hybridized carbons (Fsp3) is 0.250. The van der Waals surface area contributed by atoms with Crippen LogP contribution < -0.4 is 5.32 Å². The van der Waals surface area contributed by atoms with Crippen LogP contribution in [0.15, 0.2) is 48.5 Å². The van der Waals surface area contributed by atoms with E-state index in [0.29, 0.717) is 0 Å². The van der Waals surface area contributed by atoms with Crippen molar-refractivity contribution in [3.63, 3.8) is 0 Å². The average molecular weight is 292 g/mol. The van der Waals surface area contributed by atoms with Crippen LogP contribution in [0, 0.1) is 0 Å². The fourth-order valence-corrected chi connectivity index (χ4v) is 3.27. The van der Waals surface area contributed by atoms with Gasteiger partial charge in [-0.05, 0) is 29.7 Å². The first-order valence-electron chi connectivity index (χ1n) is 6.40. The molecule has 1 aliphatic heterocycles. The van der Waals surface area contributed by atoms with E-state index >= 15 is 0 Å². The molecule has 2 aromatic carbocycles. The second kappa shape index (κ2) is 5.16. The third-order valence-electron chi connectivity index (χ3n) is 3.86. The lowest BCUT2D eigenvalue weighted by Crippen LogP contribution is -2.58. The minimum atomic E-state index is 0.0728. The molecule has 0 radical (unpaired) electrons. The minimum absolute atomic E-state index is 0.0728. The molecular weight excluding hydrogens is 277 g/mol. The summed E-state index contributed by atoms with van der Waals surface area (Å²) in [7, 11) is 0. The maximum absolute atomic E-state index is 6.37. The predicted molar refractivity (Wildman–Crippen MR) is 81.2 cm³/mol. The highest BCUT2D eigenvalue weighted by molar-refractivity contribution is 6.32. The third kappa shape index (κ3) is 2.38. The molecule has 0 aliphatic carbocycles. The number of hydrogen-bond donors (Lipinski definition) is 1. The second-order valence-corrected chi connectivity index (χ2v) is 5.95. The van der Waals surface area contributed by atoms with Crippen LogP contribution in [0.3, 0.4) is 0 Å². The molecule has 3 heteroatoms. The summed E-state index contributed by atoms with van der Waals surface area (Å²) in [5.41, 5.74) is 2.48. The molecule has 3 rings (SSSR count). The van der Waals surface area contributed by atoms with Crippen molar-refractivity contribution in [3.8, 4) is 0 Å². The number of halogens is 2. The molecule has 1 aliphatic rings. The monoisotopic (exact) mass is 291 g/mol. The smallest absolute Gasteiger partial charge is 0.0444 e. The van der Waals surface area contributed by atoms with Gasteiger partial charge in [-0.3, -0.25) is 0 Å². The largest absolute Gasteiger partial charge is 0.315 e. The summed E-state index contributed by atoms with van der Waals surface area (Å²) in [6.45, 7) is 1.89. The van der Waals surface area contributed by atoms with Crippen molar-refractivity contribution >= 4 is 23.2 Å². The van der Waals surface area contributed by atoms with E-state index in [1.165, 1.54) is 11.1 Å². The Morgan fingerprint density at radius 2 is 1.53 bits per heavy atom. The van der Waals surface area contributed by atoms with E-state index in [9.17, 15) is 0 Å². The molecule has 0 unspecified atom stereocenters. The van der Waals surface area contributed by atoms with Gasteiger partial charge >= 0.3 is 0 Å². The van der Waals surface area contributed by atoms with Crippen LogP contribution in [0.5, 0.6) is 0 Å². The molecule has 2 aromatic rings. The van der Waals surface area contributed by atoms with E-state index in [-0.39, 0.29) is 5.41 Å². The van der Waals surface area contributed by atoms with Gasteiger partial charge in [-0.15, -0.1) is 0 Å². The normalized spacial score (nSPS) is 16.9. The van der Waals surface area contributed by atoms with Gasteiger partial charge in [0.05, 0.1) is 0 Å². The molecule has 1 saturated heterocycles. The molecule has 1 N–H and O–H groups in total. The summed E-state index contributed by atoms with van der Waals surface area (Å²) in [4.78, 5) is 0. The number of benzene rings is 2. The van der Waals surface area contributed by atoms with Gasteiger partial charge in [0.1, 0.15) is 0 Å². The van der Waals surface area contributed by atoms with Gasteiger partial charge in [-0.1, -0.05) is 59.6 Å². The molecule has 0 spiro atoms. The molecule has 0 atom stereocenters. The van der Waals surface area contributed by atoms with E-state index < -0.39 is 0 Å². The summed E-state index contributed by atoms with van der Waals surface area (Å²) in [6.07, 6.45) is 0.920. The van der Waals surface area contributed by atoms with Gasteiger partial charge < -0.3 is 5.32 Å². The van der Waals surface area contributed by atoms with Gasteiger partial charge in [0.25, 0.3) is 0 Å². The Kier molecular flexibility index (Phi) is 3.53. The summed E-state index contributed by atoms with van der Waals surface area (Å²) < 4.78 is 0. The molecule has 1 fully saturated rings. The van der Waals surface area contributed by atoms with Crippen molar-refractivity contribution < 1.29 is 0 Å². The summed E-state index contributed by atoms with van der Waals surface area (Å²) >= 11 is 12.7. The third-order valence-corrected chi connectivity index (χ3v) is 4.56. The molecule has 0 amide bonds. The zero-order chi connectivity index (χ0) is 13.3. The lowest BCUT2D eigenvalue weighted by atomic mass is 9.71. The van der Waals surface area contributed by atoms with Gasteiger partial charge in [-0.2, -0.15) is 0 Å². The highest BCUT2D eigenvalue weighted by atomic mass is 35.5. The Morgan fingerprint density at radius 3 is 2.11 bits per heavy atom. The van der Waals surface area contributed by atoms with Crippen molar-refractivity contribution in [1.82, 2.24) is 5.32 Å². The van der Waals surface area contributed by atoms with E-state index in [0.717, 1.165) is 29.6 Å². The lowest BCUT2D eigenvalue weighted by Gasteiger charge is -2.44. The minimum Gasteiger partial charge on any atom is -0.315 e. The molecule has 1 nitrogen and oxygen atoms in total. The summed E-state index contributed by atoms with van der Waals surface area (Å²) in [5, 5.41) is 5.04. The van der Waals surface area contributed by atoms with Crippen molar-refractivity contribution in [2.45, 2.75) is 11.8 Å². The van der Waals surface area contributed by atoms with Crippen LogP contribution in [0.25, 0.3) is 0 Å². The van der Waals surface area contributed by atoms with E-state index in [2.05, 4.69) is 17.4 Å². The first-order valence-corrected chi connectivity index (χ1v) is 7.16. The van der Waals surface area contributed by atoms with E-state index in [4.69, 9.17) is 23.2 Å². The Hall–Kier alpha value is -1.02. The zero-order valence-corrected chi connectivity index (χ0v) is 12.0. The molecule has 0 saturated carbocycles. The Morgan fingerprint density at radius 1 is 0.895 bits per heavy atom. The number of hydrogen-bond acceptors (Lipinski definition) is 1. The molecule has 98 valence electrons. The van der Waals surface area contributed by atoms with Crippen LogP contribution in [0.4, 0.5) is 0 Å². The van der Waals surface area contributed by atoms with Gasteiger partial charge in [0, 0.05) is 28.5 Å². The molecule has 1 heterocycles. The lowest BCUT2D eigenvalue weighted by molar-refractivity contribution is 0.275. The second-order valence-electron chi connectivity index (χ2n) is 5.13. The van der Waals surface area contributed by atoms with Crippen LogP contribution in [0.2, 0.25) is 10.0 Å². The van der Waals surface area contributed by atoms with Crippen LogP contribution in [-0.4, -0.2) is 13.1 Å². The quantitative estimate of drug-likeness (QED) is 0.899. The first-order chi connectivity index (χ1) is 9.21. The van der Waals surface area contributed by atoms with Crippen LogP contribution in [-0.2, 0) is 11.8 Å². The number of rotatable bonds is 3. The van der Waals surface area contributed by atoms with Crippen molar-refractivity contribution in [2.75, 3.05) is 13.1 Å². The first kappa shape index (κ1) is 13.0. The highest BCUT2D eigenvalue weighted by Gasteiger charge is 2.40. The summed E-state index contributed by atoms with van der Waals surface area (Å²) in [6, 6.07) is 16.2. The van der Waals surface area contributed by atoms with Crippen LogP contribution in [0.1, 0.15) is 11.1 Å². The maximum Gasteiger partial charge on any atom is 0.0444 e. The Labute approximate surface area is 123 Å². The van der Waals surface area contributed by atoms with E-state index in [1.807, 2.05) is 36.4 Å². The SMILES string of the molecule is Clc1ccccc1CC1(c2ccccc2Cl)CNC1. The maximum atomic E-state index is 6.37. The van der Waals surface area contributed by atoms with Gasteiger partial charge in [0.15, 0.2) is 0 Å². The summed E-state index contributed by atoms with van der Waals surface area (Å²) in [5.74, 6) is 0. The standard InChI is InChI=1S/C16H15Cl2N/c17-14-7-3-1-5-12(14)9-16(10-19-11-16)13-6-2-4-8-15(13)18/h1-8,19H,9-11H2. The van der Waals surface area contributed by atoms with Crippen molar-refractivity contribution in [2.24, 2.45) is 0 Å². The van der Waals surface area contributed by atoms with Crippen LogP contribution >= 0.6 is 23.2 Å². The highest BCUT2D eigenvalue weighted by Crippen LogP contribution is 2.37. The average Bonchev–Trinajstić information content (AvgIpc) is 2.37. The zero-order valence-electron chi connectivity index (χ0n) is 10.5. The Balaban J connectivity index is 1.97. The topological polar surface area (TPSA) is 12.0 Å². The van der Waals surface area contributed by atoms with Crippen molar-refractivity contribution in [1.29, 1.82) is 0 Å². The fourth-order valence-electron chi connectivity index (χ4n) is 2.74. The van der Waals surface area contributed by atoms with Crippen molar-refractivity contribution in [3.05, 3.63) is 69.7 Å². The van der Waals surface area contributed by atoms with Gasteiger partial charge in [-0.25, -0.2) is 0 Å².